The van der Waals surface area contributed by atoms with Gasteiger partial charge in [0.05, 0.1) is 5.60 Å². The van der Waals surface area contributed by atoms with Crippen LogP contribution in [-0.2, 0) is 4.74 Å². The van der Waals surface area contributed by atoms with Gasteiger partial charge < -0.3 is 4.74 Å². The van der Waals surface area contributed by atoms with Crippen molar-refractivity contribution in [1.82, 2.24) is 0 Å². The third kappa shape index (κ3) is 3.03. The molecule has 0 aromatic rings. The molecule has 0 aliphatic carbocycles. The van der Waals surface area contributed by atoms with Gasteiger partial charge in [0.25, 0.3) is 0 Å². The molecule has 0 spiro atoms. The Morgan fingerprint density at radius 3 is 2.00 bits per heavy atom. The van der Waals surface area contributed by atoms with Gasteiger partial charge in [0.15, 0.2) is 0 Å². The van der Waals surface area contributed by atoms with Crippen LogP contribution in [0, 0.1) is 0 Å². The summed E-state index contributed by atoms with van der Waals surface area (Å²) in [6.07, 6.45) is 2.34. The molecule has 0 aromatic heterocycles. The second-order valence-corrected chi connectivity index (χ2v) is 2.71. The summed E-state index contributed by atoms with van der Waals surface area (Å²) in [5, 5.41) is 0. The van der Waals surface area contributed by atoms with Gasteiger partial charge >= 0.3 is 0 Å². The first-order chi connectivity index (χ1) is 3.62. The highest BCUT2D eigenvalue weighted by molar-refractivity contribution is 4.65. The third-order valence-electron chi connectivity index (χ3n) is 1.40. The average molecular weight is 116 g/mol. The van der Waals surface area contributed by atoms with Gasteiger partial charge in [-0.1, -0.05) is 13.3 Å². The van der Waals surface area contributed by atoms with Crippen LogP contribution in [0.1, 0.15) is 33.6 Å². The van der Waals surface area contributed by atoms with Crippen LogP contribution >= 0.6 is 0 Å². The van der Waals surface area contributed by atoms with Gasteiger partial charge in [-0.05, 0) is 20.3 Å². The van der Waals surface area contributed by atoms with Crippen LogP contribution in [0.5, 0.6) is 0 Å². The first-order valence-electron chi connectivity index (χ1n) is 3.17. The Hall–Kier alpha value is -0.0400. The fourth-order valence-corrected chi connectivity index (χ4v) is 0.704. The maximum atomic E-state index is 5.18. The molecule has 0 amide bonds. The summed E-state index contributed by atoms with van der Waals surface area (Å²) in [6.45, 7) is 6.38. The zero-order valence-electron chi connectivity index (χ0n) is 6.32. The van der Waals surface area contributed by atoms with Gasteiger partial charge in [0.1, 0.15) is 0 Å². The molecule has 0 fully saturated rings. The quantitative estimate of drug-likeness (QED) is 0.549. The first-order valence-corrected chi connectivity index (χ1v) is 3.17. The minimum atomic E-state index is 0.0920. The fraction of sp³-hybridized carbons (Fsp3) is 1.00. The Labute approximate surface area is 52.0 Å². The maximum Gasteiger partial charge on any atom is 0.0622 e. The standard InChI is InChI=1S/C7H16O/c1-5-6-7(2,3)8-4/h5-6H2,1-4H3. The molecule has 0 heterocycles. The second kappa shape index (κ2) is 3.08. The van der Waals surface area contributed by atoms with Crippen LogP contribution in [0.3, 0.4) is 0 Å². The van der Waals surface area contributed by atoms with E-state index in [4.69, 9.17) is 4.74 Å². The molecule has 0 N–H and O–H groups in total. The van der Waals surface area contributed by atoms with Crippen molar-refractivity contribution < 1.29 is 4.74 Å². The fourth-order valence-electron chi connectivity index (χ4n) is 0.704. The molecule has 50 valence electrons. The van der Waals surface area contributed by atoms with E-state index in [9.17, 15) is 0 Å². The van der Waals surface area contributed by atoms with E-state index in [2.05, 4.69) is 20.8 Å². The van der Waals surface area contributed by atoms with Crippen LogP contribution in [0.25, 0.3) is 0 Å². The van der Waals surface area contributed by atoms with Gasteiger partial charge in [0.2, 0.25) is 0 Å². The topological polar surface area (TPSA) is 9.23 Å². The molecular weight excluding hydrogens is 100 g/mol. The Morgan fingerprint density at radius 1 is 1.38 bits per heavy atom. The Bertz CT molecular complexity index is 57.4. The largest absolute Gasteiger partial charge is 0.379 e. The van der Waals surface area contributed by atoms with E-state index >= 15 is 0 Å². The van der Waals surface area contributed by atoms with Crippen LogP contribution in [-0.4, -0.2) is 12.7 Å². The smallest absolute Gasteiger partial charge is 0.0622 e. The molecule has 0 aromatic carbocycles. The normalized spacial score (nSPS) is 12.0. The summed E-state index contributed by atoms with van der Waals surface area (Å²) >= 11 is 0. The van der Waals surface area contributed by atoms with Crippen molar-refractivity contribution in [2.75, 3.05) is 7.11 Å². The summed E-state index contributed by atoms with van der Waals surface area (Å²) in [4.78, 5) is 0. The van der Waals surface area contributed by atoms with Crippen molar-refractivity contribution in [1.29, 1.82) is 0 Å². The van der Waals surface area contributed by atoms with Crippen molar-refractivity contribution in [3.05, 3.63) is 0 Å². The maximum absolute atomic E-state index is 5.18. The van der Waals surface area contributed by atoms with Crippen molar-refractivity contribution in [2.45, 2.75) is 39.2 Å². The molecule has 0 saturated carbocycles. The molecule has 0 atom stereocenters. The van der Waals surface area contributed by atoms with E-state index in [1.807, 2.05) is 0 Å². The number of hydrogen-bond acceptors (Lipinski definition) is 1. The van der Waals surface area contributed by atoms with E-state index < -0.39 is 0 Å². The molecule has 1 heteroatoms. The minimum Gasteiger partial charge on any atom is -0.379 e. The van der Waals surface area contributed by atoms with E-state index in [1.54, 1.807) is 7.11 Å². The summed E-state index contributed by atoms with van der Waals surface area (Å²) in [5.41, 5.74) is 0.0920. The minimum absolute atomic E-state index is 0.0920. The Kier molecular flexibility index (Phi) is 3.06. The molecule has 1 nitrogen and oxygen atoms in total. The average Bonchev–Trinajstić information content (AvgIpc) is 1.67. The van der Waals surface area contributed by atoms with E-state index in [0.29, 0.717) is 0 Å². The second-order valence-electron chi connectivity index (χ2n) is 2.71. The van der Waals surface area contributed by atoms with Crippen LogP contribution in [0.4, 0.5) is 0 Å². The van der Waals surface area contributed by atoms with Crippen molar-refractivity contribution >= 4 is 0 Å². The monoisotopic (exact) mass is 116 g/mol. The predicted octanol–water partition coefficient (Wildman–Crippen LogP) is 2.21. The summed E-state index contributed by atoms with van der Waals surface area (Å²) < 4.78 is 5.18. The highest BCUT2D eigenvalue weighted by atomic mass is 16.5. The van der Waals surface area contributed by atoms with Crippen molar-refractivity contribution in [2.24, 2.45) is 0 Å². The van der Waals surface area contributed by atoms with Crippen molar-refractivity contribution in [3.8, 4) is 0 Å². The molecule has 0 bridgehead atoms. The van der Waals surface area contributed by atoms with Gasteiger partial charge in [-0.3, -0.25) is 0 Å². The van der Waals surface area contributed by atoms with Gasteiger partial charge in [0, 0.05) is 7.11 Å². The van der Waals surface area contributed by atoms with E-state index in [0.717, 1.165) is 6.42 Å². The van der Waals surface area contributed by atoms with Crippen LogP contribution in [0.2, 0.25) is 0 Å². The van der Waals surface area contributed by atoms with Gasteiger partial charge in [-0.15, -0.1) is 0 Å². The zero-order valence-corrected chi connectivity index (χ0v) is 6.32. The number of methoxy groups -OCH3 is 1. The Morgan fingerprint density at radius 2 is 1.88 bits per heavy atom. The lowest BCUT2D eigenvalue weighted by molar-refractivity contribution is 0.0149. The summed E-state index contributed by atoms with van der Waals surface area (Å²) in [6, 6.07) is 0. The first kappa shape index (κ1) is 7.96. The lowest BCUT2D eigenvalue weighted by Crippen LogP contribution is -2.21. The molecule has 0 saturated heterocycles. The SMILES string of the molecule is CCCC(C)(C)OC. The van der Waals surface area contributed by atoms with Crippen LogP contribution in [0.15, 0.2) is 0 Å². The predicted molar refractivity (Wildman–Crippen MR) is 36.0 cm³/mol. The molecule has 0 unspecified atom stereocenters. The number of rotatable bonds is 3. The Balaban J connectivity index is 3.37. The highest BCUT2D eigenvalue weighted by Gasteiger charge is 2.13. The molecular formula is C7H16O. The molecule has 0 radical (unpaired) electrons. The summed E-state index contributed by atoms with van der Waals surface area (Å²) in [5.74, 6) is 0. The molecule has 0 aliphatic heterocycles. The molecule has 0 rings (SSSR count). The lowest BCUT2D eigenvalue weighted by atomic mass is 10.0. The van der Waals surface area contributed by atoms with E-state index in [-0.39, 0.29) is 5.60 Å². The zero-order chi connectivity index (χ0) is 6.62. The molecule has 0 aliphatic rings. The van der Waals surface area contributed by atoms with Crippen molar-refractivity contribution in [3.63, 3.8) is 0 Å². The summed E-state index contributed by atoms with van der Waals surface area (Å²) in [7, 11) is 1.76. The van der Waals surface area contributed by atoms with Crippen LogP contribution < -0.4 is 0 Å². The highest BCUT2D eigenvalue weighted by Crippen LogP contribution is 2.13. The van der Waals surface area contributed by atoms with Gasteiger partial charge in [-0.25, -0.2) is 0 Å². The van der Waals surface area contributed by atoms with E-state index in [1.165, 1.54) is 6.42 Å². The third-order valence-corrected chi connectivity index (χ3v) is 1.40. The number of hydrogen-bond donors (Lipinski definition) is 0. The number of ether oxygens (including phenoxy) is 1. The van der Waals surface area contributed by atoms with Gasteiger partial charge in [-0.2, -0.15) is 0 Å². The molecule has 8 heavy (non-hydrogen) atoms. The lowest BCUT2D eigenvalue weighted by Gasteiger charge is -2.21.